The fraction of sp³-hybridized carbons (Fsp3) is 0.562. The summed E-state index contributed by atoms with van der Waals surface area (Å²) in [6, 6.07) is 8.18. The predicted molar refractivity (Wildman–Crippen MR) is 77.3 cm³/mol. The summed E-state index contributed by atoms with van der Waals surface area (Å²) in [5, 5.41) is 12.8. The van der Waals surface area contributed by atoms with Crippen molar-refractivity contribution in [3.63, 3.8) is 0 Å². The van der Waals surface area contributed by atoms with Gasteiger partial charge in [0.1, 0.15) is 0 Å². The number of nitrogens with zero attached hydrogens (tertiary/aromatic N) is 1. The molecule has 108 valence electrons. The van der Waals surface area contributed by atoms with Crippen molar-refractivity contribution in [2.24, 2.45) is 0 Å². The Morgan fingerprint density at radius 2 is 2.20 bits per heavy atom. The minimum Gasteiger partial charge on any atom is -0.394 e. The maximum absolute atomic E-state index is 12.9. The molecule has 0 spiro atoms. The highest BCUT2D eigenvalue weighted by atomic mass is 16.3. The van der Waals surface area contributed by atoms with Crippen molar-refractivity contribution in [3.8, 4) is 0 Å². The topological polar surface area (TPSA) is 52.6 Å². The summed E-state index contributed by atoms with van der Waals surface area (Å²) in [6.45, 7) is 2.39. The molecule has 3 rings (SSSR count). The third-order valence-electron chi connectivity index (χ3n) is 4.51. The molecule has 0 aliphatic carbocycles. The molecule has 1 fully saturated rings. The first-order valence-corrected chi connectivity index (χ1v) is 7.51. The fourth-order valence-corrected chi connectivity index (χ4v) is 3.40. The Balaban J connectivity index is 1.84. The average Bonchev–Trinajstić information content (AvgIpc) is 2.53. The summed E-state index contributed by atoms with van der Waals surface area (Å²) in [6.07, 6.45) is 3.07. The van der Waals surface area contributed by atoms with Gasteiger partial charge in [-0.25, -0.2) is 0 Å². The summed E-state index contributed by atoms with van der Waals surface area (Å²) in [5.74, 6) is 0.0653. The zero-order valence-electron chi connectivity index (χ0n) is 11.7. The Morgan fingerprint density at radius 3 is 3.05 bits per heavy atom. The number of piperidine rings is 1. The Bertz CT molecular complexity index is 489. The number of likely N-dealkylation sites (tertiary alicyclic amines) is 1. The maximum Gasteiger partial charge on any atom is 0.231 e. The van der Waals surface area contributed by atoms with Crippen LogP contribution in [-0.4, -0.2) is 41.7 Å². The minimum atomic E-state index is -0.105. The van der Waals surface area contributed by atoms with Gasteiger partial charge in [0.05, 0.1) is 18.6 Å². The summed E-state index contributed by atoms with van der Waals surface area (Å²) in [4.78, 5) is 14.8. The van der Waals surface area contributed by atoms with Gasteiger partial charge in [0, 0.05) is 19.6 Å². The number of aliphatic hydroxyl groups excluding tert-OH is 1. The van der Waals surface area contributed by atoms with E-state index in [1.165, 1.54) is 5.56 Å². The molecule has 2 aliphatic rings. The molecule has 1 saturated heterocycles. The molecule has 0 aromatic heterocycles. The van der Waals surface area contributed by atoms with Gasteiger partial charge in [0.15, 0.2) is 0 Å². The second-order valence-corrected chi connectivity index (χ2v) is 5.75. The van der Waals surface area contributed by atoms with Crippen LogP contribution in [0.1, 0.15) is 36.3 Å². The Labute approximate surface area is 119 Å². The van der Waals surface area contributed by atoms with Crippen LogP contribution in [0.3, 0.4) is 0 Å². The molecule has 2 unspecified atom stereocenters. The molecule has 20 heavy (non-hydrogen) atoms. The summed E-state index contributed by atoms with van der Waals surface area (Å²) >= 11 is 0. The highest BCUT2D eigenvalue weighted by Crippen LogP contribution is 2.28. The smallest absolute Gasteiger partial charge is 0.231 e. The highest BCUT2D eigenvalue weighted by Gasteiger charge is 2.34. The number of benzene rings is 1. The normalized spacial score (nSPS) is 26.1. The molecule has 2 N–H and O–H groups in total. The molecule has 0 saturated carbocycles. The monoisotopic (exact) mass is 274 g/mol. The number of carbonyl (C=O) groups is 1. The Morgan fingerprint density at radius 1 is 1.35 bits per heavy atom. The quantitative estimate of drug-likeness (QED) is 0.853. The minimum absolute atomic E-state index is 0.00494. The van der Waals surface area contributed by atoms with Crippen molar-refractivity contribution in [1.82, 2.24) is 10.2 Å². The van der Waals surface area contributed by atoms with Crippen LogP contribution in [0, 0.1) is 0 Å². The van der Waals surface area contributed by atoms with E-state index in [2.05, 4.69) is 17.4 Å². The molecule has 4 heteroatoms. The van der Waals surface area contributed by atoms with E-state index in [1.807, 2.05) is 17.0 Å². The second kappa shape index (κ2) is 5.94. The first kappa shape index (κ1) is 13.6. The number of fused-ring (bicyclic) bond motifs is 1. The lowest BCUT2D eigenvalue weighted by molar-refractivity contribution is -0.137. The van der Waals surface area contributed by atoms with E-state index in [1.54, 1.807) is 0 Å². The van der Waals surface area contributed by atoms with E-state index in [-0.39, 0.29) is 24.5 Å². The molecular weight excluding hydrogens is 252 g/mol. The van der Waals surface area contributed by atoms with E-state index in [4.69, 9.17) is 0 Å². The molecule has 4 nitrogen and oxygen atoms in total. The van der Waals surface area contributed by atoms with Gasteiger partial charge >= 0.3 is 0 Å². The van der Waals surface area contributed by atoms with Crippen LogP contribution >= 0.6 is 0 Å². The number of aliphatic hydroxyl groups is 1. The predicted octanol–water partition coefficient (Wildman–Crippen LogP) is 1.25. The average molecular weight is 274 g/mol. The van der Waals surface area contributed by atoms with Crippen LogP contribution in [0.4, 0.5) is 0 Å². The standard InChI is InChI=1S/C16H22N2O2/c19-11-13-6-3-4-8-18(13)16(20)15-10-17-9-12-5-1-2-7-14(12)15/h1-2,5,7,13,15,17,19H,3-4,6,8-11H2. The first-order chi connectivity index (χ1) is 9.81. The summed E-state index contributed by atoms with van der Waals surface area (Å²) < 4.78 is 0. The van der Waals surface area contributed by atoms with Gasteiger partial charge in [-0.3, -0.25) is 4.79 Å². The summed E-state index contributed by atoms with van der Waals surface area (Å²) in [5.41, 5.74) is 2.37. The molecule has 0 radical (unpaired) electrons. The van der Waals surface area contributed by atoms with Crippen LogP contribution in [0.2, 0.25) is 0 Å². The Hall–Kier alpha value is -1.39. The lowest BCUT2D eigenvalue weighted by atomic mass is 9.88. The van der Waals surface area contributed by atoms with Crippen molar-refractivity contribution >= 4 is 5.91 Å². The van der Waals surface area contributed by atoms with E-state index < -0.39 is 0 Å². The van der Waals surface area contributed by atoms with E-state index in [0.717, 1.165) is 37.9 Å². The molecule has 2 atom stereocenters. The van der Waals surface area contributed by atoms with Crippen molar-refractivity contribution < 1.29 is 9.90 Å². The number of rotatable bonds is 2. The molecule has 1 aromatic rings. The number of nitrogens with one attached hydrogen (secondary N) is 1. The van der Waals surface area contributed by atoms with E-state index in [0.29, 0.717) is 6.54 Å². The SMILES string of the molecule is O=C(C1CNCc2ccccc21)N1CCCCC1CO. The van der Waals surface area contributed by atoms with Crippen molar-refractivity contribution in [3.05, 3.63) is 35.4 Å². The lowest BCUT2D eigenvalue weighted by Gasteiger charge is -2.38. The maximum atomic E-state index is 12.9. The van der Waals surface area contributed by atoms with Gasteiger partial charge in [-0.15, -0.1) is 0 Å². The fourth-order valence-electron chi connectivity index (χ4n) is 3.40. The van der Waals surface area contributed by atoms with Gasteiger partial charge in [0.25, 0.3) is 0 Å². The zero-order chi connectivity index (χ0) is 13.9. The molecule has 1 aromatic carbocycles. The van der Waals surface area contributed by atoms with Gasteiger partial charge < -0.3 is 15.3 Å². The third kappa shape index (κ3) is 2.45. The van der Waals surface area contributed by atoms with Gasteiger partial charge in [-0.05, 0) is 30.4 Å². The number of hydrogen-bond acceptors (Lipinski definition) is 3. The number of amides is 1. The molecule has 0 bridgehead atoms. The first-order valence-electron chi connectivity index (χ1n) is 7.51. The van der Waals surface area contributed by atoms with Crippen molar-refractivity contribution in [2.75, 3.05) is 19.7 Å². The third-order valence-corrected chi connectivity index (χ3v) is 4.51. The van der Waals surface area contributed by atoms with E-state index >= 15 is 0 Å². The second-order valence-electron chi connectivity index (χ2n) is 5.75. The summed E-state index contributed by atoms with van der Waals surface area (Å²) in [7, 11) is 0. The zero-order valence-corrected chi connectivity index (χ0v) is 11.7. The molecule has 2 heterocycles. The molecule has 1 amide bonds. The van der Waals surface area contributed by atoms with Crippen molar-refractivity contribution in [2.45, 2.75) is 37.8 Å². The van der Waals surface area contributed by atoms with Crippen LogP contribution in [-0.2, 0) is 11.3 Å². The number of hydrogen-bond donors (Lipinski definition) is 2. The van der Waals surface area contributed by atoms with Gasteiger partial charge in [-0.1, -0.05) is 24.3 Å². The Kier molecular flexibility index (Phi) is 4.03. The van der Waals surface area contributed by atoms with Crippen LogP contribution in [0.15, 0.2) is 24.3 Å². The van der Waals surface area contributed by atoms with E-state index in [9.17, 15) is 9.90 Å². The van der Waals surface area contributed by atoms with Crippen LogP contribution < -0.4 is 5.32 Å². The largest absolute Gasteiger partial charge is 0.394 e. The highest BCUT2D eigenvalue weighted by molar-refractivity contribution is 5.85. The van der Waals surface area contributed by atoms with Gasteiger partial charge in [0.2, 0.25) is 5.91 Å². The number of carbonyl (C=O) groups excluding carboxylic acids is 1. The van der Waals surface area contributed by atoms with Crippen molar-refractivity contribution in [1.29, 1.82) is 0 Å². The molecular formula is C16H22N2O2. The lowest BCUT2D eigenvalue weighted by Crippen LogP contribution is -2.49. The molecule has 2 aliphatic heterocycles. The van der Waals surface area contributed by atoms with Gasteiger partial charge in [-0.2, -0.15) is 0 Å². The van der Waals surface area contributed by atoms with Crippen LogP contribution in [0.5, 0.6) is 0 Å². The van der Waals surface area contributed by atoms with Crippen LogP contribution in [0.25, 0.3) is 0 Å².